The molecule has 92 valence electrons. The molecule has 1 aromatic carbocycles. The molecule has 17 heavy (non-hydrogen) atoms. The lowest BCUT2D eigenvalue weighted by atomic mass is 10.1. The molecular weight excluding hydrogens is 216 g/mol. The van der Waals surface area contributed by atoms with E-state index < -0.39 is 6.09 Å². The first-order chi connectivity index (χ1) is 8.08. The first kappa shape index (κ1) is 11.8. The molecule has 0 aliphatic carbocycles. The molecule has 4 nitrogen and oxygen atoms in total. The highest BCUT2D eigenvalue weighted by Gasteiger charge is 2.21. The smallest absolute Gasteiger partial charge is 0.407 e. The minimum Gasteiger partial charge on any atom is -0.465 e. The van der Waals surface area contributed by atoms with Crippen LogP contribution in [-0.2, 0) is 0 Å². The topological polar surface area (TPSA) is 43.8 Å². The Hall–Kier alpha value is -1.71. The van der Waals surface area contributed by atoms with Crippen LogP contribution in [0.4, 0.5) is 10.5 Å². The zero-order valence-corrected chi connectivity index (χ0v) is 10.3. The van der Waals surface area contributed by atoms with Gasteiger partial charge in [-0.3, -0.25) is 0 Å². The van der Waals surface area contributed by atoms with Gasteiger partial charge in [-0.2, -0.15) is 0 Å². The minimum absolute atomic E-state index is 0.586. The van der Waals surface area contributed by atoms with Crippen LogP contribution >= 0.6 is 0 Å². The van der Waals surface area contributed by atoms with Crippen LogP contribution in [-0.4, -0.2) is 42.3 Å². The molecule has 1 amide bonds. The predicted molar refractivity (Wildman–Crippen MR) is 67.7 cm³/mol. The number of piperazine rings is 1. The van der Waals surface area contributed by atoms with Crippen molar-refractivity contribution in [2.24, 2.45) is 0 Å². The van der Waals surface area contributed by atoms with E-state index in [1.54, 1.807) is 0 Å². The fourth-order valence-corrected chi connectivity index (χ4v) is 2.20. The van der Waals surface area contributed by atoms with Gasteiger partial charge >= 0.3 is 6.09 Å². The average molecular weight is 234 g/mol. The molecule has 0 radical (unpaired) electrons. The maximum absolute atomic E-state index is 10.8. The summed E-state index contributed by atoms with van der Waals surface area (Å²) in [6.45, 7) is 6.90. The second-order valence-electron chi connectivity index (χ2n) is 4.55. The standard InChI is InChI=1S/C13H18N2O2/c1-10-3-4-11(2)12(9-10)14-5-7-15(8-6-14)13(16)17/h3-4,9H,5-8H2,1-2H3,(H,16,17). The van der Waals surface area contributed by atoms with Crippen LogP contribution in [0, 0.1) is 13.8 Å². The summed E-state index contributed by atoms with van der Waals surface area (Å²) in [7, 11) is 0. The fourth-order valence-electron chi connectivity index (χ4n) is 2.20. The van der Waals surface area contributed by atoms with Crippen LogP contribution in [0.25, 0.3) is 0 Å². The predicted octanol–water partition coefficient (Wildman–Crippen LogP) is 2.10. The van der Waals surface area contributed by atoms with Crippen LogP contribution in [0.1, 0.15) is 11.1 Å². The Bertz CT molecular complexity index is 423. The number of aryl methyl sites for hydroxylation is 2. The summed E-state index contributed by atoms with van der Waals surface area (Å²) in [4.78, 5) is 14.6. The molecule has 0 saturated carbocycles. The van der Waals surface area contributed by atoms with Crippen LogP contribution in [0.2, 0.25) is 0 Å². The van der Waals surface area contributed by atoms with E-state index in [2.05, 4.69) is 36.9 Å². The summed E-state index contributed by atoms with van der Waals surface area (Å²) < 4.78 is 0. The largest absolute Gasteiger partial charge is 0.465 e. The molecule has 1 saturated heterocycles. The molecule has 1 aliphatic heterocycles. The Morgan fingerprint density at radius 1 is 1.18 bits per heavy atom. The summed E-state index contributed by atoms with van der Waals surface area (Å²) in [5, 5.41) is 8.90. The van der Waals surface area contributed by atoms with E-state index in [-0.39, 0.29) is 0 Å². The van der Waals surface area contributed by atoms with Gasteiger partial charge in [0.25, 0.3) is 0 Å². The number of rotatable bonds is 1. The van der Waals surface area contributed by atoms with E-state index in [0.29, 0.717) is 13.1 Å². The highest BCUT2D eigenvalue weighted by molar-refractivity contribution is 5.66. The molecule has 0 unspecified atom stereocenters. The number of benzene rings is 1. The minimum atomic E-state index is -0.814. The van der Waals surface area contributed by atoms with Gasteiger partial charge in [-0.15, -0.1) is 0 Å². The number of carboxylic acid groups (broad SMARTS) is 1. The fraction of sp³-hybridized carbons (Fsp3) is 0.462. The monoisotopic (exact) mass is 234 g/mol. The second kappa shape index (κ2) is 4.65. The molecule has 1 aromatic rings. The third-order valence-electron chi connectivity index (χ3n) is 3.26. The van der Waals surface area contributed by atoms with Gasteiger partial charge in [-0.1, -0.05) is 12.1 Å². The van der Waals surface area contributed by atoms with Gasteiger partial charge in [0.1, 0.15) is 0 Å². The summed E-state index contributed by atoms with van der Waals surface area (Å²) in [5.41, 5.74) is 3.72. The number of carbonyl (C=O) groups is 1. The van der Waals surface area contributed by atoms with Gasteiger partial charge in [-0.05, 0) is 31.0 Å². The number of nitrogens with zero attached hydrogens (tertiary/aromatic N) is 2. The van der Waals surface area contributed by atoms with E-state index in [1.807, 2.05) is 0 Å². The van der Waals surface area contributed by atoms with E-state index >= 15 is 0 Å². The third-order valence-corrected chi connectivity index (χ3v) is 3.26. The van der Waals surface area contributed by atoms with Crippen molar-refractivity contribution in [2.45, 2.75) is 13.8 Å². The van der Waals surface area contributed by atoms with Gasteiger partial charge in [0.15, 0.2) is 0 Å². The maximum atomic E-state index is 10.8. The summed E-state index contributed by atoms with van der Waals surface area (Å²) in [6, 6.07) is 6.40. The van der Waals surface area contributed by atoms with Crippen molar-refractivity contribution in [1.82, 2.24) is 4.90 Å². The van der Waals surface area contributed by atoms with Gasteiger partial charge in [0.2, 0.25) is 0 Å². The molecular formula is C13H18N2O2. The summed E-state index contributed by atoms with van der Waals surface area (Å²) in [5.74, 6) is 0. The molecule has 1 N–H and O–H groups in total. The van der Waals surface area contributed by atoms with Crippen molar-refractivity contribution in [2.75, 3.05) is 31.1 Å². The van der Waals surface area contributed by atoms with Crippen molar-refractivity contribution in [3.05, 3.63) is 29.3 Å². The third kappa shape index (κ3) is 2.52. The SMILES string of the molecule is Cc1ccc(C)c(N2CCN(C(=O)O)CC2)c1. The highest BCUT2D eigenvalue weighted by atomic mass is 16.4. The van der Waals surface area contributed by atoms with Crippen LogP contribution < -0.4 is 4.90 Å². The molecule has 4 heteroatoms. The molecule has 1 fully saturated rings. The number of hydrogen-bond donors (Lipinski definition) is 1. The van der Waals surface area contributed by atoms with Crippen molar-refractivity contribution in [3.8, 4) is 0 Å². The van der Waals surface area contributed by atoms with Crippen molar-refractivity contribution < 1.29 is 9.90 Å². The molecule has 0 spiro atoms. The van der Waals surface area contributed by atoms with E-state index in [0.717, 1.165) is 13.1 Å². The van der Waals surface area contributed by atoms with Gasteiger partial charge in [0, 0.05) is 31.9 Å². The van der Waals surface area contributed by atoms with Crippen LogP contribution in [0.15, 0.2) is 18.2 Å². The molecule has 0 aromatic heterocycles. The number of amides is 1. The molecule has 0 bridgehead atoms. The molecule has 1 heterocycles. The van der Waals surface area contributed by atoms with E-state index in [1.165, 1.54) is 21.7 Å². The Kier molecular flexibility index (Phi) is 3.22. The van der Waals surface area contributed by atoms with Crippen molar-refractivity contribution in [3.63, 3.8) is 0 Å². The van der Waals surface area contributed by atoms with Crippen LogP contribution in [0.3, 0.4) is 0 Å². The van der Waals surface area contributed by atoms with Crippen molar-refractivity contribution in [1.29, 1.82) is 0 Å². The Morgan fingerprint density at radius 2 is 1.82 bits per heavy atom. The van der Waals surface area contributed by atoms with E-state index in [4.69, 9.17) is 5.11 Å². The lowest BCUT2D eigenvalue weighted by molar-refractivity contribution is 0.142. The lowest BCUT2D eigenvalue weighted by Crippen LogP contribution is -2.48. The van der Waals surface area contributed by atoms with Gasteiger partial charge in [0.05, 0.1) is 0 Å². The zero-order chi connectivity index (χ0) is 12.4. The first-order valence-electron chi connectivity index (χ1n) is 5.88. The number of hydrogen-bond acceptors (Lipinski definition) is 2. The second-order valence-corrected chi connectivity index (χ2v) is 4.55. The zero-order valence-electron chi connectivity index (χ0n) is 10.3. The van der Waals surface area contributed by atoms with Gasteiger partial charge in [-0.25, -0.2) is 4.79 Å². The lowest BCUT2D eigenvalue weighted by Gasteiger charge is -2.35. The van der Waals surface area contributed by atoms with Gasteiger partial charge < -0.3 is 14.9 Å². The maximum Gasteiger partial charge on any atom is 0.407 e. The van der Waals surface area contributed by atoms with E-state index in [9.17, 15) is 4.79 Å². The normalized spacial score (nSPS) is 16.1. The molecule has 1 aliphatic rings. The first-order valence-corrected chi connectivity index (χ1v) is 5.88. The Balaban J connectivity index is 2.10. The quantitative estimate of drug-likeness (QED) is 0.809. The molecule has 2 rings (SSSR count). The average Bonchev–Trinajstić information content (AvgIpc) is 2.32. The van der Waals surface area contributed by atoms with Crippen molar-refractivity contribution >= 4 is 11.8 Å². The Morgan fingerprint density at radius 3 is 2.41 bits per heavy atom. The highest BCUT2D eigenvalue weighted by Crippen LogP contribution is 2.22. The summed E-state index contributed by atoms with van der Waals surface area (Å²) in [6.07, 6.45) is -0.814. The summed E-state index contributed by atoms with van der Waals surface area (Å²) >= 11 is 0. The Labute approximate surface area is 101 Å². The number of anilines is 1. The van der Waals surface area contributed by atoms with Crippen LogP contribution in [0.5, 0.6) is 0 Å². The molecule has 0 atom stereocenters.